The topological polar surface area (TPSA) is 344 Å². The number of carboxylic acid groups (broad SMARTS) is 1. The van der Waals surface area contributed by atoms with Gasteiger partial charge in [0, 0.05) is 6.42 Å². The van der Waals surface area contributed by atoms with Crippen molar-refractivity contribution >= 4 is 53.2 Å². The first-order chi connectivity index (χ1) is 23.5. The number of primary amides is 2. The van der Waals surface area contributed by atoms with Crippen LogP contribution in [0.1, 0.15) is 74.1 Å². The van der Waals surface area contributed by atoms with E-state index in [0.29, 0.717) is 6.42 Å². The highest BCUT2D eigenvalue weighted by atomic mass is 16.4. The Kier molecular flexibility index (Phi) is 20.0. The van der Waals surface area contributed by atoms with Crippen molar-refractivity contribution in [2.75, 3.05) is 6.54 Å². The van der Waals surface area contributed by atoms with Gasteiger partial charge in [0.25, 0.3) is 0 Å². The van der Waals surface area contributed by atoms with E-state index in [0.717, 1.165) is 6.92 Å². The highest BCUT2D eigenvalue weighted by molar-refractivity contribution is 5.98. The van der Waals surface area contributed by atoms with Gasteiger partial charge < -0.3 is 59.3 Å². The molecule has 0 aliphatic carbocycles. The summed E-state index contributed by atoms with van der Waals surface area (Å²) in [5, 5.41) is 33.7. The van der Waals surface area contributed by atoms with E-state index < -0.39 is 133 Å². The third-order valence-electron chi connectivity index (χ3n) is 7.89. The van der Waals surface area contributed by atoms with Crippen LogP contribution in [0.15, 0.2) is 0 Å². The number of aliphatic hydroxyl groups excluding tert-OH is 1. The number of hydrogen-bond acceptors (Lipinski definition) is 11. The molecule has 0 saturated heterocycles. The summed E-state index contributed by atoms with van der Waals surface area (Å²) in [5.74, 6) is -10.1. The Morgan fingerprint density at radius 2 is 1.12 bits per heavy atom. The van der Waals surface area contributed by atoms with Crippen molar-refractivity contribution in [3.05, 3.63) is 0 Å². The van der Waals surface area contributed by atoms with Gasteiger partial charge in [0.2, 0.25) is 47.3 Å². The first kappa shape index (κ1) is 46.1. The number of aliphatic hydroxyl groups is 1. The molecule has 0 heterocycles. The van der Waals surface area contributed by atoms with Gasteiger partial charge in [-0.25, -0.2) is 4.79 Å². The predicted molar refractivity (Wildman–Crippen MR) is 181 cm³/mol. The first-order valence-corrected chi connectivity index (χ1v) is 16.5. The summed E-state index contributed by atoms with van der Waals surface area (Å²) >= 11 is 0. The van der Waals surface area contributed by atoms with Gasteiger partial charge in [-0.1, -0.05) is 48.0 Å². The minimum absolute atomic E-state index is 0.148. The average molecular weight is 730 g/mol. The molecule has 20 nitrogen and oxygen atoms in total. The molecule has 0 spiro atoms. The van der Waals surface area contributed by atoms with E-state index in [-0.39, 0.29) is 5.92 Å². The summed E-state index contributed by atoms with van der Waals surface area (Å²) in [7, 11) is 0. The fraction of sp³-hybridized carbons (Fsp3) is 0.710. The third kappa shape index (κ3) is 16.6. The van der Waals surface area contributed by atoms with Crippen LogP contribution in [-0.2, 0) is 43.2 Å². The van der Waals surface area contributed by atoms with Crippen LogP contribution >= 0.6 is 0 Å². The molecular formula is C31H55N9O11. The summed E-state index contributed by atoms with van der Waals surface area (Å²) < 4.78 is 0. The second-order valence-corrected chi connectivity index (χ2v) is 13.0. The molecule has 0 radical (unpaired) electrons. The molecule has 0 bridgehead atoms. The maximum Gasteiger partial charge on any atom is 0.326 e. The van der Waals surface area contributed by atoms with Crippen molar-refractivity contribution in [3.8, 4) is 0 Å². The molecule has 0 saturated carbocycles. The Morgan fingerprint density at radius 1 is 0.627 bits per heavy atom. The number of aliphatic carboxylic acids is 1. The zero-order valence-electron chi connectivity index (χ0n) is 30.1. The fourth-order valence-electron chi connectivity index (χ4n) is 4.47. The molecule has 8 atom stereocenters. The maximum atomic E-state index is 13.4. The minimum atomic E-state index is -1.72. The van der Waals surface area contributed by atoms with Gasteiger partial charge in [-0.3, -0.25) is 38.4 Å². The summed E-state index contributed by atoms with van der Waals surface area (Å²) in [6.45, 7) is 10.5. The lowest BCUT2D eigenvalue weighted by atomic mass is 9.99. The summed E-state index contributed by atoms with van der Waals surface area (Å²) in [5.41, 5.74) is 16.3. The Bertz CT molecular complexity index is 1280. The molecule has 0 fully saturated rings. The number of nitrogens with two attached hydrogens (primary N) is 3. The van der Waals surface area contributed by atoms with Crippen molar-refractivity contribution in [3.63, 3.8) is 0 Å². The van der Waals surface area contributed by atoms with Gasteiger partial charge in [-0.2, -0.15) is 0 Å². The Labute approximate surface area is 296 Å². The van der Waals surface area contributed by atoms with Crippen molar-refractivity contribution in [1.82, 2.24) is 31.9 Å². The lowest BCUT2D eigenvalue weighted by molar-refractivity contribution is -0.143. The SMILES string of the molecule is CC[C@H](C)[C@H](N)C(=O)NCC(=O)N[C@H](C(=O)N[C@H](C(=O)N[C@@H](CCC(N)=O)C(=O)N[C@@H](CC(N)=O)C(=O)N[C@H](C(=O)O)C(C)C)[C@@H](C)O)C(C)C. The Balaban J connectivity index is 5.99. The van der Waals surface area contributed by atoms with Crippen LogP contribution in [-0.4, -0.2) is 112 Å². The van der Waals surface area contributed by atoms with Crippen LogP contribution < -0.4 is 49.1 Å². The van der Waals surface area contributed by atoms with E-state index in [2.05, 4.69) is 31.9 Å². The minimum Gasteiger partial charge on any atom is -0.480 e. The normalized spacial score (nSPS) is 15.8. The van der Waals surface area contributed by atoms with Gasteiger partial charge >= 0.3 is 5.97 Å². The lowest BCUT2D eigenvalue weighted by Gasteiger charge is -2.28. The Morgan fingerprint density at radius 3 is 1.57 bits per heavy atom. The van der Waals surface area contributed by atoms with Crippen molar-refractivity contribution < 1.29 is 53.4 Å². The molecule has 0 aromatic heterocycles. The summed E-state index contributed by atoms with van der Waals surface area (Å²) in [4.78, 5) is 113. The summed E-state index contributed by atoms with van der Waals surface area (Å²) in [6, 6.07) is -8.54. The number of carbonyl (C=O) groups excluding carboxylic acids is 8. The second kappa shape index (κ2) is 22.1. The zero-order valence-corrected chi connectivity index (χ0v) is 30.1. The van der Waals surface area contributed by atoms with E-state index in [1.165, 1.54) is 13.8 Å². The number of hydrogen-bond donors (Lipinski definition) is 11. The van der Waals surface area contributed by atoms with Gasteiger partial charge in [-0.15, -0.1) is 0 Å². The molecule has 0 unspecified atom stereocenters. The standard InChI is InChI=1S/C31H55N9O11/c1-8-15(6)22(34)28(47)35-12-21(44)38-23(13(2)3)29(48)40-25(16(7)41)30(49)36-17(9-10-19(32)42)26(45)37-18(11-20(33)43)27(46)39-24(14(4)5)31(50)51/h13-18,22-25,41H,8-12,34H2,1-7H3,(H2,32,42)(H2,33,43)(H,35,47)(H,36,49)(H,37,45)(H,38,44)(H,39,46)(H,40,48)(H,50,51)/t15-,16+,17-,18-,22-,23-,24-,25-/m0/s1. The van der Waals surface area contributed by atoms with Crippen molar-refractivity contribution in [2.45, 2.75) is 117 Å². The van der Waals surface area contributed by atoms with Crippen molar-refractivity contribution in [2.24, 2.45) is 35.0 Å². The molecule has 0 aromatic rings. The highest BCUT2D eigenvalue weighted by Gasteiger charge is 2.35. The molecule has 51 heavy (non-hydrogen) atoms. The van der Waals surface area contributed by atoms with Gasteiger partial charge in [0.15, 0.2) is 0 Å². The van der Waals surface area contributed by atoms with Crippen LogP contribution in [0.25, 0.3) is 0 Å². The predicted octanol–water partition coefficient (Wildman–Crippen LogP) is -4.18. The molecule has 0 rings (SSSR count). The molecule has 14 N–H and O–H groups in total. The van der Waals surface area contributed by atoms with E-state index >= 15 is 0 Å². The van der Waals surface area contributed by atoms with Crippen LogP contribution in [0.2, 0.25) is 0 Å². The first-order valence-electron chi connectivity index (χ1n) is 16.5. The molecule has 20 heteroatoms. The molecule has 290 valence electrons. The summed E-state index contributed by atoms with van der Waals surface area (Å²) in [6.07, 6.45) is -2.59. The quantitative estimate of drug-likeness (QED) is 0.0477. The number of rotatable bonds is 23. The van der Waals surface area contributed by atoms with Gasteiger partial charge in [-0.05, 0) is 31.1 Å². The maximum absolute atomic E-state index is 13.4. The number of carbonyl (C=O) groups is 9. The lowest BCUT2D eigenvalue weighted by Crippen LogP contribution is -2.62. The Hall–Kier alpha value is -4.85. The van der Waals surface area contributed by atoms with Crippen LogP contribution in [0, 0.1) is 17.8 Å². The number of carboxylic acids is 1. The third-order valence-corrected chi connectivity index (χ3v) is 7.89. The molecule has 0 aliphatic rings. The second-order valence-electron chi connectivity index (χ2n) is 13.0. The van der Waals surface area contributed by atoms with E-state index in [9.17, 15) is 53.4 Å². The van der Waals surface area contributed by atoms with E-state index in [1.807, 2.05) is 6.92 Å². The average Bonchev–Trinajstić information content (AvgIpc) is 3.02. The molecule has 8 amide bonds. The van der Waals surface area contributed by atoms with E-state index in [1.54, 1.807) is 20.8 Å². The molecular weight excluding hydrogens is 674 g/mol. The van der Waals surface area contributed by atoms with Gasteiger partial charge in [0.1, 0.15) is 30.2 Å². The fourth-order valence-corrected chi connectivity index (χ4v) is 4.47. The van der Waals surface area contributed by atoms with Crippen molar-refractivity contribution in [1.29, 1.82) is 0 Å². The van der Waals surface area contributed by atoms with E-state index in [4.69, 9.17) is 17.2 Å². The smallest absolute Gasteiger partial charge is 0.326 e. The van der Waals surface area contributed by atoms with Crippen LogP contribution in [0.5, 0.6) is 0 Å². The number of amides is 8. The molecule has 0 aliphatic heterocycles. The van der Waals surface area contributed by atoms with Crippen LogP contribution in [0.4, 0.5) is 0 Å². The number of nitrogens with one attached hydrogen (secondary N) is 6. The highest BCUT2D eigenvalue weighted by Crippen LogP contribution is 2.08. The zero-order chi connectivity index (χ0) is 39.7. The molecule has 0 aromatic carbocycles. The monoisotopic (exact) mass is 729 g/mol. The van der Waals surface area contributed by atoms with Gasteiger partial charge in [0.05, 0.1) is 25.1 Å². The largest absolute Gasteiger partial charge is 0.480 e. The van der Waals surface area contributed by atoms with Crippen LogP contribution in [0.3, 0.4) is 0 Å².